The Kier molecular flexibility index (Phi) is 5.62. The Morgan fingerprint density at radius 1 is 0.710 bits per heavy atom. The van der Waals surface area contributed by atoms with E-state index in [0.29, 0.717) is 0 Å². The van der Waals surface area contributed by atoms with E-state index in [1.807, 2.05) is 12.4 Å². The quantitative estimate of drug-likeness (QED) is 0.458. The van der Waals surface area contributed by atoms with Gasteiger partial charge >= 0.3 is 0 Å². The van der Waals surface area contributed by atoms with Crippen molar-refractivity contribution in [3.8, 4) is 11.4 Å². The Morgan fingerprint density at radius 2 is 1.23 bits per heavy atom. The average Bonchev–Trinajstić information content (AvgIpc) is 3.11. The number of aromatic nitrogens is 2. The summed E-state index contributed by atoms with van der Waals surface area (Å²) in [5, 5.41) is 0. The van der Waals surface area contributed by atoms with Gasteiger partial charge in [0.05, 0.1) is 0 Å². The van der Waals surface area contributed by atoms with Crippen molar-refractivity contribution < 1.29 is 0 Å². The molecule has 0 N–H and O–H groups in total. The molecule has 0 saturated heterocycles. The minimum absolute atomic E-state index is 0.182. The molecule has 0 amide bonds. The molecular formula is C28H31BN2. The van der Waals surface area contributed by atoms with Gasteiger partial charge < -0.3 is 4.57 Å². The lowest BCUT2D eigenvalue weighted by Gasteiger charge is -2.25. The fourth-order valence-corrected chi connectivity index (χ4v) is 5.27. The van der Waals surface area contributed by atoms with Gasteiger partial charge in [-0.25, -0.2) is 4.98 Å². The fraction of sp³-hybridized carbons (Fsp3) is 0.250. The maximum atomic E-state index is 4.59. The van der Waals surface area contributed by atoms with Gasteiger partial charge in [0.1, 0.15) is 5.82 Å². The van der Waals surface area contributed by atoms with Crippen LogP contribution in [0.1, 0.15) is 33.4 Å². The molecule has 0 aliphatic heterocycles. The van der Waals surface area contributed by atoms with Crippen LogP contribution in [0.2, 0.25) is 0 Å². The van der Waals surface area contributed by atoms with Crippen LogP contribution in [0.3, 0.4) is 0 Å². The van der Waals surface area contributed by atoms with E-state index in [-0.39, 0.29) is 6.71 Å². The highest BCUT2D eigenvalue weighted by Crippen LogP contribution is 2.17. The van der Waals surface area contributed by atoms with Gasteiger partial charge in [-0.1, -0.05) is 98.3 Å². The largest absolute Gasteiger partial charge is 0.334 e. The van der Waals surface area contributed by atoms with Gasteiger partial charge in [0.2, 0.25) is 6.71 Å². The number of rotatable bonds is 4. The molecule has 0 aliphatic rings. The van der Waals surface area contributed by atoms with E-state index in [2.05, 4.69) is 107 Å². The van der Waals surface area contributed by atoms with E-state index in [1.165, 1.54) is 49.8 Å². The molecule has 0 saturated carbocycles. The van der Waals surface area contributed by atoms with Gasteiger partial charge in [-0.2, -0.15) is 0 Å². The minimum atomic E-state index is 0.182. The van der Waals surface area contributed by atoms with Gasteiger partial charge in [-0.3, -0.25) is 0 Å². The lowest BCUT2D eigenvalue weighted by Crippen LogP contribution is -2.55. The van der Waals surface area contributed by atoms with Gasteiger partial charge in [-0.15, -0.1) is 0 Å². The summed E-state index contributed by atoms with van der Waals surface area (Å²) in [6.07, 6.45) is 3.87. The summed E-state index contributed by atoms with van der Waals surface area (Å²) in [4.78, 5) is 4.59. The first-order valence-corrected chi connectivity index (χ1v) is 11.0. The summed E-state index contributed by atoms with van der Waals surface area (Å²) in [6, 6.07) is 18.2. The molecule has 0 radical (unpaired) electrons. The third-order valence-corrected chi connectivity index (χ3v) is 6.35. The van der Waals surface area contributed by atoms with Gasteiger partial charge in [0, 0.05) is 25.0 Å². The highest BCUT2D eigenvalue weighted by molar-refractivity contribution is 6.96. The Balaban J connectivity index is 2.01. The van der Waals surface area contributed by atoms with Crippen LogP contribution in [0, 0.1) is 41.5 Å². The Bertz CT molecular complexity index is 1160. The second-order valence-corrected chi connectivity index (χ2v) is 9.05. The van der Waals surface area contributed by atoms with Crippen LogP contribution in [0.5, 0.6) is 0 Å². The highest BCUT2D eigenvalue weighted by atomic mass is 15.0. The Labute approximate surface area is 187 Å². The molecular weight excluding hydrogens is 375 g/mol. The van der Waals surface area contributed by atoms with E-state index in [0.717, 1.165) is 11.4 Å². The molecule has 0 aliphatic carbocycles. The Hall–Kier alpha value is -3.07. The number of benzene rings is 3. The summed E-state index contributed by atoms with van der Waals surface area (Å²) >= 11 is 0. The van der Waals surface area contributed by atoms with Crippen molar-refractivity contribution in [1.82, 2.24) is 9.55 Å². The molecule has 0 unspecified atom stereocenters. The minimum Gasteiger partial charge on any atom is -0.334 e. The Morgan fingerprint density at radius 3 is 1.68 bits per heavy atom. The van der Waals surface area contributed by atoms with Gasteiger partial charge in [0.15, 0.2) is 0 Å². The molecule has 0 atom stereocenters. The predicted octanol–water partition coefficient (Wildman–Crippen LogP) is 4.45. The molecule has 4 aromatic rings. The zero-order chi connectivity index (χ0) is 22.3. The first-order chi connectivity index (χ1) is 14.8. The number of aryl methyl sites for hydroxylation is 7. The second kappa shape index (κ2) is 8.22. The summed E-state index contributed by atoms with van der Waals surface area (Å²) in [7, 11) is 2.05. The monoisotopic (exact) mass is 406 g/mol. The van der Waals surface area contributed by atoms with Crippen molar-refractivity contribution in [3.05, 3.63) is 94.3 Å². The van der Waals surface area contributed by atoms with Crippen LogP contribution in [0.4, 0.5) is 0 Å². The lowest BCUT2D eigenvalue weighted by atomic mass is 9.34. The molecule has 4 rings (SSSR count). The topological polar surface area (TPSA) is 17.8 Å². The zero-order valence-electron chi connectivity index (χ0n) is 19.7. The predicted molar refractivity (Wildman–Crippen MR) is 135 cm³/mol. The second-order valence-electron chi connectivity index (χ2n) is 9.05. The zero-order valence-corrected chi connectivity index (χ0v) is 19.7. The van der Waals surface area contributed by atoms with Crippen molar-refractivity contribution in [1.29, 1.82) is 0 Å². The van der Waals surface area contributed by atoms with Crippen LogP contribution in [0.25, 0.3) is 11.4 Å². The van der Waals surface area contributed by atoms with Crippen molar-refractivity contribution in [2.75, 3.05) is 0 Å². The number of imidazole rings is 1. The molecule has 0 fully saturated rings. The van der Waals surface area contributed by atoms with Crippen LogP contribution < -0.4 is 16.4 Å². The van der Waals surface area contributed by atoms with Gasteiger partial charge in [0.25, 0.3) is 0 Å². The molecule has 31 heavy (non-hydrogen) atoms. The van der Waals surface area contributed by atoms with Crippen LogP contribution in [0.15, 0.2) is 60.9 Å². The number of nitrogens with zero attached hydrogens (tertiary/aromatic N) is 2. The van der Waals surface area contributed by atoms with E-state index < -0.39 is 0 Å². The number of hydrogen-bond acceptors (Lipinski definition) is 1. The third-order valence-electron chi connectivity index (χ3n) is 6.35. The van der Waals surface area contributed by atoms with Gasteiger partial charge in [-0.05, 0) is 41.5 Å². The van der Waals surface area contributed by atoms with Crippen LogP contribution >= 0.6 is 0 Å². The molecule has 2 nitrogen and oxygen atoms in total. The first kappa shape index (κ1) is 21.2. The van der Waals surface area contributed by atoms with Crippen molar-refractivity contribution in [2.45, 2.75) is 41.5 Å². The fourth-order valence-electron chi connectivity index (χ4n) is 5.27. The molecule has 0 spiro atoms. The highest BCUT2D eigenvalue weighted by Gasteiger charge is 2.28. The SMILES string of the molecule is Cc1cc(C)c(B(c2cccc(-c3nccn3C)c2)c2c(C)cc(C)cc2C)c(C)c1. The summed E-state index contributed by atoms with van der Waals surface area (Å²) in [5.74, 6) is 0.996. The maximum Gasteiger partial charge on any atom is 0.242 e. The number of hydrogen-bond donors (Lipinski definition) is 0. The van der Waals surface area contributed by atoms with Crippen molar-refractivity contribution in [2.24, 2.45) is 7.05 Å². The normalized spacial score (nSPS) is 11.1. The standard InChI is InChI=1S/C28H31BN2/c1-18-13-20(3)26(21(4)14-18)29(27-22(5)15-19(2)16-23(27)6)25-10-8-9-24(17-25)28-30-11-12-31(28)7/h8-17H,1-7H3. The van der Waals surface area contributed by atoms with Crippen molar-refractivity contribution >= 4 is 23.1 Å². The summed E-state index contributed by atoms with van der Waals surface area (Å²) < 4.78 is 2.08. The van der Waals surface area contributed by atoms with E-state index in [4.69, 9.17) is 0 Å². The smallest absolute Gasteiger partial charge is 0.242 e. The third kappa shape index (κ3) is 3.97. The first-order valence-electron chi connectivity index (χ1n) is 11.0. The van der Waals surface area contributed by atoms with Crippen LogP contribution in [-0.2, 0) is 7.05 Å². The molecule has 1 heterocycles. The van der Waals surface area contributed by atoms with Crippen molar-refractivity contribution in [3.63, 3.8) is 0 Å². The van der Waals surface area contributed by atoms with E-state index in [9.17, 15) is 0 Å². The molecule has 0 bridgehead atoms. The van der Waals surface area contributed by atoms with E-state index in [1.54, 1.807) is 0 Å². The summed E-state index contributed by atoms with van der Waals surface area (Å²) in [5.41, 5.74) is 13.3. The lowest BCUT2D eigenvalue weighted by molar-refractivity contribution is 0.925. The molecule has 3 heteroatoms. The van der Waals surface area contributed by atoms with Crippen LogP contribution in [-0.4, -0.2) is 16.3 Å². The molecule has 1 aromatic heterocycles. The maximum absolute atomic E-state index is 4.59. The average molecular weight is 406 g/mol. The molecule has 3 aromatic carbocycles. The summed E-state index contributed by atoms with van der Waals surface area (Å²) in [6.45, 7) is 13.6. The van der Waals surface area contributed by atoms with E-state index >= 15 is 0 Å². The molecule has 156 valence electrons.